The Labute approximate surface area is 211 Å². The number of aliphatic carboxylic acids is 2. The molecule has 0 radical (unpaired) electrons. The van der Waals surface area contributed by atoms with E-state index < -0.39 is 47.3 Å². The number of thioether (sulfide) groups is 1. The molecule has 0 aliphatic carbocycles. The number of amides is 3. The van der Waals surface area contributed by atoms with Crippen molar-refractivity contribution in [1.82, 2.24) is 9.80 Å². The van der Waals surface area contributed by atoms with Crippen LogP contribution in [0.4, 0.5) is 13.2 Å². The molecular formula is C22H20F3N3O8S. The van der Waals surface area contributed by atoms with Crippen LogP contribution in [0.2, 0.25) is 0 Å². The normalized spacial score (nSPS) is 22.2. The van der Waals surface area contributed by atoms with Crippen molar-refractivity contribution in [3.63, 3.8) is 0 Å². The van der Waals surface area contributed by atoms with Gasteiger partial charge in [-0.05, 0) is 42.3 Å². The molecule has 4 N–H and O–H groups in total. The summed E-state index contributed by atoms with van der Waals surface area (Å²) in [6.07, 6.45) is -3.29. The van der Waals surface area contributed by atoms with Gasteiger partial charge in [-0.3, -0.25) is 24.2 Å². The van der Waals surface area contributed by atoms with Gasteiger partial charge in [0, 0.05) is 23.4 Å². The number of halogens is 3. The largest absolute Gasteiger partial charge is 0.497 e. The zero-order valence-corrected chi connectivity index (χ0v) is 19.8. The van der Waals surface area contributed by atoms with E-state index in [0.29, 0.717) is 34.6 Å². The van der Waals surface area contributed by atoms with E-state index in [1.54, 1.807) is 24.3 Å². The van der Waals surface area contributed by atoms with Crippen molar-refractivity contribution in [1.29, 1.82) is 0 Å². The smallest absolute Gasteiger partial charge is 0.490 e. The molecule has 37 heavy (non-hydrogen) atoms. The Hall–Kier alpha value is -3.85. The van der Waals surface area contributed by atoms with E-state index in [1.165, 1.54) is 29.8 Å². The van der Waals surface area contributed by atoms with Gasteiger partial charge in [-0.25, -0.2) is 9.59 Å². The molecule has 198 valence electrons. The number of nitrogens with two attached hydrogens (primary N) is 1. The molecular weight excluding hydrogens is 523 g/mol. The fourth-order valence-electron chi connectivity index (χ4n) is 3.69. The summed E-state index contributed by atoms with van der Waals surface area (Å²) >= 11 is 1.36. The lowest BCUT2D eigenvalue weighted by molar-refractivity contribution is -0.192. The van der Waals surface area contributed by atoms with Crippen molar-refractivity contribution in [3.8, 4) is 5.75 Å². The van der Waals surface area contributed by atoms with Crippen molar-refractivity contribution in [2.75, 3.05) is 19.4 Å². The maximum Gasteiger partial charge on any atom is 0.490 e. The number of hydrogen-bond donors (Lipinski definition) is 3. The summed E-state index contributed by atoms with van der Waals surface area (Å²) in [4.78, 5) is 60.5. The highest BCUT2D eigenvalue weighted by Crippen LogP contribution is 2.40. The van der Waals surface area contributed by atoms with Crippen LogP contribution in [-0.4, -0.2) is 86.7 Å². The lowest BCUT2D eigenvalue weighted by Crippen LogP contribution is -2.68. The van der Waals surface area contributed by atoms with E-state index in [9.17, 15) is 37.5 Å². The minimum Gasteiger partial charge on any atom is -0.497 e. The standard InChI is InChI=1S/C20H19N3O6S.C2HF3O2/c1-29-13-4-2-10(3-5-13)16(24)22-7-6-11(17(22)25)8-12-9-30-19-14(21)18(26)23(19)15(12)20(27)28;3-2(4,5)1(6)7/h2-5,8,14,19H,6-7,9,21H2,1H3,(H,27,28);(H,6,7)/b11-8+;/t14-,19-;/m1./s1. The Balaban J connectivity index is 0.000000479. The SMILES string of the molecule is COc1ccc(C(=O)N2CC/C(=C\C3=C(C(=O)O)N4C(=O)[C@@H](N)[C@H]4SC3)C2=O)cc1.O=C(O)C(F)(F)F. The van der Waals surface area contributed by atoms with Gasteiger partial charge < -0.3 is 20.7 Å². The van der Waals surface area contributed by atoms with Gasteiger partial charge in [0.15, 0.2) is 0 Å². The highest BCUT2D eigenvalue weighted by molar-refractivity contribution is 8.00. The molecule has 0 aromatic heterocycles. The number of carboxylic acids is 2. The van der Waals surface area contributed by atoms with Crippen LogP contribution in [0.5, 0.6) is 5.75 Å². The summed E-state index contributed by atoms with van der Waals surface area (Å²) < 4.78 is 36.8. The molecule has 2 atom stereocenters. The van der Waals surface area contributed by atoms with E-state index in [4.69, 9.17) is 20.4 Å². The number of carbonyl (C=O) groups excluding carboxylic acids is 3. The predicted octanol–water partition coefficient (Wildman–Crippen LogP) is 1.21. The first-order valence-electron chi connectivity index (χ1n) is 10.5. The number of carbonyl (C=O) groups is 5. The van der Waals surface area contributed by atoms with Crippen LogP contribution >= 0.6 is 11.8 Å². The van der Waals surface area contributed by atoms with Crippen molar-refractivity contribution >= 4 is 41.4 Å². The predicted molar refractivity (Wildman–Crippen MR) is 121 cm³/mol. The number of rotatable bonds is 4. The monoisotopic (exact) mass is 543 g/mol. The highest BCUT2D eigenvalue weighted by Gasteiger charge is 2.51. The van der Waals surface area contributed by atoms with Crippen LogP contribution in [0.25, 0.3) is 0 Å². The molecule has 2 fully saturated rings. The van der Waals surface area contributed by atoms with E-state index >= 15 is 0 Å². The van der Waals surface area contributed by atoms with Gasteiger partial charge in [-0.2, -0.15) is 13.2 Å². The first-order chi connectivity index (χ1) is 17.3. The number of methoxy groups -OCH3 is 1. The van der Waals surface area contributed by atoms with Crippen molar-refractivity contribution < 1.29 is 52.1 Å². The maximum absolute atomic E-state index is 12.8. The number of likely N-dealkylation sites (tertiary alicyclic amines) is 1. The molecule has 4 rings (SSSR count). The Morgan fingerprint density at radius 1 is 1.16 bits per heavy atom. The molecule has 15 heteroatoms. The van der Waals surface area contributed by atoms with Crippen LogP contribution in [0.3, 0.4) is 0 Å². The van der Waals surface area contributed by atoms with Crippen molar-refractivity contribution in [2.45, 2.75) is 24.0 Å². The highest BCUT2D eigenvalue weighted by atomic mass is 32.2. The van der Waals surface area contributed by atoms with E-state index in [2.05, 4.69) is 0 Å². The van der Waals surface area contributed by atoms with E-state index in [1.807, 2.05) is 0 Å². The average Bonchev–Trinajstić information content (AvgIpc) is 3.22. The quantitative estimate of drug-likeness (QED) is 0.285. The van der Waals surface area contributed by atoms with Crippen LogP contribution < -0.4 is 10.5 Å². The molecule has 3 aliphatic rings. The summed E-state index contributed by atoms with van der Waals surface area (Å²) in [7, 11) is 1.52. The van der Waals surface area contributed by atoms with Crippen LogP contribution in [0, 0.1) is 0 Å². The number of imide groups is 1. The number of carboxylic acid groups (broad SMARTS) is 2. The molecule has 0 spiro atoms. The average molecular weight is 543 g/mol. The molecule has 1 aromatic carbocycles. The minimum absolute atomic E-state index is 0.148. The summed E-state index contributed by atoms with van der Waals surface area (Å²) in [6, 6.07) is 5.72. The molecule has 0 unspecified atom stereocenters. The van der Waals surface area contributed by atoms with Crippen molar-refractivity contribution in [3.05, 3.63) is 52.7 Å². The second-order valence-corrected chi connectivity index (χ2v) is 8.93. The fourth-order valence-corrected chi connectivity index (χ4v) is 4.94. The minimum atomic E-state index is -5.08. The summed E-state index contributed by atoms with van der Waals surface area (Å²) in [5.41, 5.74) is 6.65. The van der Waals surface area contributed by atoms with Crippen LogP contribution in [0.15, 0.2) is 47.2 Å². The molecule has 2 saturated heterocycles. The van der Waals surface area contributed by atoms with E-state index in [-0.39, 0.29) is 12.2 Å². The molecule has 3 heterocycles. The summed E-state index contributed by atoms with van der Waals surface area (Å²) in [5, 5.41) is 16.3. The fraction of sp³-hybridized carbons (Fsp3) is 0.318. The lowest BCUT2D eigenvalue weighted by atomic mass is 10.0. The first-order valence-corrected chi connectivity index (χ1v) is 11.5. The molecule has 1 aromatic rings. The summed E-state index contributed by atoms with van der Waals surface area (Å²) in [6.45, 7) is 0.203. The Morgan fingerprint density at radius 3 is 2.27 bits per heavy atom. The van der Waals surface area contributed by atoms with Crippen LogP contribution in [-0.2, 0) is 19.2 Å². The number of alkyl halides is 3. The number of β-lactam (4-membered cyclic amide) rings is 1. The van der Waals surface area contributed by atoms with Gasteiger partial charge in [-0.1, -0.05) is 0 Å². The molecule has 3 aliphatic heterocycles. The Bertz CT molecular complexity index is 1210. The third-order valence-corrected chi connectivity index (χ3v) is 6.86. The summed E-state index contributed by atoms with van der Waals surface area (Å²) in [5.74, 6) is -4.44. The van der Waals surface area contributed by atoms with E-state index in [0.717, 1.165) is 4.90 Å². The maximum atomic E-state index is 12.8. The molecule has 0 saturated carbocycles. The Kier molecular flexibility index (Phi) is 7.97. The second kappa shape index (κ2) is 10.6. The van der Waals surface area contributed by atoms with Crippen LogP contribution in [0.1, 0.15) is 16.8 Å². The second-order valence-electron chi connectivity index (χ2n) is 7.83. The van der Waals surface area contributed by atoms with Gasteiger partial charge >= 0.3 is 18.1 Å². The Morgan fingerprint density at radius 2 is 1.76 bits per heavy atom. The zero-order chi connectivity index (χ0) is 27.7. The van der Waals surface area contributed by atoms with Gasteiger partial charge in [0.2, 0.25) is 5.91 Å². The number of ether oxygens (including phenoxy) is 1. The first kappa shape index (κ1) is 27.7. The molecule has 3 amide bonds. The zero-order valence-electron chi connectivity index (χ0n) is 19.0. The topological polar surface area (TPSA) is 168 Å². The molecule has 0 bridgehead atoms. The number of allylic oxidation sites excluding steroid dienone is 1. The van der Waals surface area contributed by atoms with Gasteiger partial charge in [0.25, 0.3) is 11.8 Å². The van der Waals surface area contributed by atoms with Crippen molar-refractivity contribution in [2.24, 2.45) is 5.73 Å². The third kappa shape index (κ3) is 5.61. The van der Waals surface area contributed by atoms with Gasteiger partial charge in [0.1, 0.15) is 22.9 Å². The van der Waals surface area contributed by atoms with Gasteiger partial charge in [0.05, 0.1) is 7.11 Å². The number of fused-ring (bicyclic) bond motifs is 1. The molecule has 11 nitrogen and oxygen atoms in total. The number of nitrogens with zero attached hydrogens (tertiary/aromatic N) is 2. The van der Waals surface area contributed by atoms with Gasteiger partial charge in [-0.15, -0.1) is 11.8 Å². The lowest BCUT2D eigenvalue weighted by Gasteiger charge is -2.47. The number of hydrogen-bond acceptors (Lipinski definition) is 8. The number of benzene rings is 1. The third-order valence-electron chi connectivity index (χ3n) is 5.54.